The summed E-state index contributed by atoms with van der Waals surface area (Å²) in [4.78, 5) is 132. The summed E-state index contributed by atoms with van der Waals surface area (Å²) in [5, 5.41) is 16.6. The van der Waals surface area contributed by atoms with Crippen LogP contribution in [0.1, 0.15) is 189 Å². The summed E-state index contributed by atoms with van der Waals surface area (Å²) in [6.07, 6.45) is 0.865. The van der Waals surface area contributed by atoms with E-state index in [1.807, 2.05) is 85.7 Å². The molecule has 13 atom stereocenters. The fourth-order valence-electron chi connectivity index (χ4n) is 14.6. The van der Waals surface area contributed by atoms with Crippen molar-refractivity contribution in [1.29, 1.82) is 0 Å². The summed E-state index contributed by atoms with van der Waals surface area (Å²) in [7, 11) is 6.23. The molecule has 0 radical (unpaired) electrons. The number of anilines is 1. The normalized spacial score (nSPS) is 19.1. The number of carbonyl (C=O) groups excluding carboxylic acids is 9. The molecule has 0 unspecified atom stereocenters. The van der Waals surface area contributed by atoms with Gasteiger partial charge in [-0.1, -0.05) is 137 Å². The van der Waals surface area contributed by atoms with Crippen LogP contribution in [0.4, 0.5) is 23.7 Å². The summed E-state index contributed by atoms with van der Waals surface area (Å²) in [5.74, 6) is -6.78. The van der Waals surface area contributed by atoms with Crippen LogP contribution in [-0.2, 0) is 59.2 Å². The van der Waals surface area contributed by atoms with Crippen molar-refractivity contribution in [2.75, 3.05) is 66.4 Å². The molecular weight excluding hydrogens is 1280 g/mol. The van der Waals surface area contributed by atoms with Gasteiger partial charge in [0.25, 0.3) is 11.8 Å². The van der Waals surface area contributed by atoms with Gasteiger partial charge in [0.05, 0.1) is 48.9 Å². The summed E-state index contributed by atoms with van der Waals surface area (Å²) < 4.78 is 61.7. The van der Waals surface area contributed by atoms with Crippen molar-refractivity contribution in [3.05, 3.63) is 77.9 Å². The number of imide groups is 1. The van der Waals surface area contributed by atoms with Gasteiger partial charge in [0.15, 0.2) is 11.6 Å². The van der Waals surface area contributed by atoms with Gasteiger partial charge in [0.2, 0.25) is 17.7 Å². The SMILES string of the molecule is CC[C@H](C)[C@@H]([C@@H](CC(=O)N1CCC[C@H]1[C@H](OC)[C@@H](C)C(=O)C[C@H](C)[C@@H](O)c1ccccc1)OC)N(C)C(=O)[C@@H](CC(=O)[C@H](C(C)C)N(C)C(=O)OCc1ccc(NC(=O)[C@H](CCCN2CCCCC2)CC(=O)[C@@H](N[C@@H](CCCCCN2C(=O)C=CC2=O)C(F)(F)F)C(C)C)cc1)C(C)C. The number of aliphatic hydroxyl groups excluding tert-OH is 1. The molecule has 3 aliphatic heterocycles. The number of likely N-dealkylation sites (N-methyl/N-ethyl adjacent to an activating group) is 2. The monoisotopic (exact) mass is 1390 g/mol. The number of methoxy groups -OCH3 is 2. The number of Topliss-reactive ketones (excluding diaryl/α,β-unsaturated/α-hetero) is 3. The lowest BCUT2D eigenvalue weighted by atomic mass is 9.83. The van der Waals surface area contributed by atoms with Crippen molar-refractivity contribution in [2.45, 2.75) is 233 Å². The molecule has 2 aromatic carbocycles. The van der Waals surface area contributed by atoms with Crippen LogP contribution in [0.15, 0.2) is 66.7 Å². The van der Waals surface area contributed by atoms with Gasteiger partial charge in [-0.3, -0.25) is 48.6 Å². The average molecular weight is 1390 g/mol. The highest BCUT2D eigenvalue weighted by Crippen LogP contribution is 2.34. The molecule has 0 aliphatic carbocycles. The van der Waals surface area contributed by atoms with E-state index in [0.29, 0.717) is 69.3 Å². The number of ketones is 3. The van der Waals surface area contributed by atoms with Crippen molar-refractivity contribution in [1.82, 2.24) is 29.8 Å². The Bertz CT molecular complexity index is 2940. The van der Waals surface area contributed by atoms with Gasteiger partial charge in [0, 0.05) is 96.3 Å². The zero-order valence-corrected chi connectivity index (χ0v) is 61.4. The number of unbranched alkanes of at least 4 members (excludes halogenated alkanes) is 2. The lowest BCUT2D eigenvalue weighted by molar-refractivity contribution is -0.161. The van der Waals surface area contributed by atoms with E-state index in [1.165, 1.54) is 19.1 Å². The van der Waals surface area contributed by atoms with Gasteiger partial charge in [0.1, 0.15) is 18.4 Å². The van der Waals surface area contributed by atoms with Gasteiger partial charge in [-0.05, 0) is 124 Å². The Kier molecular flexibility index (Phi) is 33.9. The number of nitrogens with one attached hydrogen (secondary N) is 2. The molecule has 2 saturated heterocycles. The van der Waals surface area contributed by atoms with Crippen LogP contribution >= 0.6 is 0 Å². The third kappa shape index (κ3) is 24.4. The number of rotatable bonds is 42. The minimum absolute atomic E-state index is 0.0588. The minimum atomic E-state index is -4.68. The average Bonchev–Trinajstić information content (AvgIpc) is 1.80. The molecule has 0 bridgehead atoms. The molecule has 99 heavy (non-hydrogen) atoms. The predicted molar refractivity (Wildman–Crippen MR) is 374 cm³/mol. The Morgan fingerprint density at radius 1 is 0.677 bits per heavy atom. The first-order chi connectivity index (χ1) is 46.8. The van der Waals surface area contributed by atoms with Crippen molar-refractivity contribution in [3.8, 4) is 0 Å². The molecule has 5 rings (SSSR count). The summed E-state index contributed by atoms with van der Waals surface area (Å²) in [6.45, 7) is 21.2. The second-order valence-corrected chi connectivity index (χ2v) is 29.1. The molecule has 0 saturated carbocycles. The number of aliphatic hydroxyl groups is 1. The van der Waals surface area contributed by atoms with Gasteiger partial charge < -0.3 is 44.2 Å². The Morgan fingerprint density at radius 3 is 1.90 bits per heavy atom. The van der Waals surface area contributed by atoms with Crippen LogP contribution in [-0.4, -0.2) is 192 Å². The lowest BCUT2D eigenvalue weighted by Gasteiger charge is -2.41. The molecule has 2 fully saturated rings. The van der Waals surface area contributed by atoms with Crippen LogP contribution in [0.5, 0.6) is 0 Å². The highest BCUT2D eigenvalue weighted by Gasteiger charge is 2.45. The molecule has 6 amide bonds. The number of likely N-dealkylation sites (tertiary alicyclic amines) is 2. The predicted octanol–water partition coefficient (Wildman–Crippen LogP) is 11.6. The largest absolute Gasteiger partial charge is 0.445 e. The second kappa shape index (κ2) is 40.3. The van der Waals surface area contributed by atoms with E-state index in [1.54, 1.807) is 62.1 Å². The molecule has 0 aromatic heterocycles. The zero-order chi connectivity index (χ0) is 73.4. The summed E-state index contributed by atoms with van der Waals surface area (Å²) in [6, 6.07) is 10.6. The van der Waals surface area contributed by atoms with E-state index in [4.69, 9.17) is 14.2 Å². The van der Waals surface area contributed by atoms with E-state index >= 15 is 0 Å². The maximum absolute atomic E-state index is 14.9. The number of hydrogen-bond donors (Lipinski definition) is 3. The summed E-state index contributed by atoms with van der Waals surface area (Å²) >= 11 is 0. The topological polar surface area (TPSA) is 242 Å². The van der Waals surface area contributed by atoms with E-state index in [0.717, 1.165) is 55.0 Å². The highest BCUT2D eigenvalue weighted by atomic mass is 19.4. The quantitative estimate of drug-likeness (QED) is 0.0413. The van der Waals surface area contributed by atoms with Gasteiger partial charge >= 0.3 is 12.3 Å². The number of ether oxygens (including phenoxy) is 3. The van der Waals surface area contributed by atoms with E-state index in [-0.39, 0.29) is 98.7 Å². The number of hydrogen-bond acceptors (Lipinski definition) is 15. The standard InChI is InChI=1S/C76H116F3N7O13/c1-15-51(8)70(63(97-13)46-67(92)85-42-26-30-59(85)72(98-14)53(10)60(87)43-52(9)71(93)55-27-19-16-20-28-55)82(11)74(95)58(48(2)3)45-62(89)69(50(6)7)83(12)75(96)99-47-54-32-34-57(35-33-54)80-73(94)56(29-25-40-84-38-22-18-23-39-84)44-61(88)68(49(4)5)81-64(76(77,78)79)31-21-17-24-41-86-65(90)36-37-66(86)91/h16,19-20,27-28,32-37,48-53,56,58-59,63-64,68-72,81,93H,15,17-18,21-26,29-31,38-47H2,1-14H3,(H,80,94)/t51-,52-,53-,56+,58-,59-,63+,64-,68-,69-,70-,71+,72+/m0/s1. The highest BCUT2D eigenvalue weighted by molar-refractivity contribution is 6.12. The van der Waals surface area contributed by atoms with Gasteiger partial charge in [-0.15, -0.1) is 0 Å². The van der Waals surface area contributed by atoms with Crippen molar-refractivity contribution in [2.24, 2.45) is 47.3 Å². The number of carbonyl (C=O) groups is 9. The van der Waals surface area contributed by atoms with E-state index in [2.05, 4.69) is 15.5 Å². The molecule has 3 heterocycles. The molecule has 2 aromatic rings. The first-order valence-electron chi connectivity index (χ1n) is 36.2. The van der Waals surface area contributed by atoms with Crippen LogP contribution in [0.2, 0.25) is 0 Å². The number of alkyl halides is 3. The number of amides is 6. The number of benzene rings is 2. The van der Waals surface area contributed by atoms with E-state index < -0.39 is 108 Å². The van der Waals surface area contributed by atoms with Gasteiger partial charge in [-0.2, -0.15) is 13.2 Å². The zero-order valence-electron chi connectivity index (χ0n) is 61.4. The molecular formula is C76H116F3N7O13. The molecule has 20 nitrogen and oxygen atoms in total. The third-order valence-electron chi connectivity index (χ3n) is 20.7. The van der Waals surface area contributed by atoms with Crippen molar-refractivity contribution < 1.29 is 75.6 Å². The van der Waals surface area contributed by atoms with Gasteiger partial charge in [-0.25, -0.2) is 4.79 Å². The Balaban J connectivity index is 1.20. The van der Waals surface area contributed by atoms with Crippen LogP contribution in [0.25, 0.3) is 0 Å². The van der Waals surface area contributed by atoms with Crippen LogP contribution in [0, 0.1) is 47.3 Å². The maximum Gasteiger partial charge on any atom is 0.410 e. The number of nitrogens with zero attached hydrogens (tertiary/aromatic N) is 5. The molecule has 3 N–H and O–H groups in total. The Labute approximate surface area is 586 Å². The first-order valence-corrected chi connectivity index (χ1v) is 36.2. The number of halogens is 3. The fraction of sp³-hybridized carbons (Fsp3) is 0.697. The first kappa shape index (κ1) is 83.3. The van der Waals surface area contributed by atoms with Crippen LogP contribution < -0.4 is 10.6 Å². The summed E-state index contributed by atoms with van der Waals surface area (Å²) in [5.41, 5.74) is 1.67. The van der Waals surface area contributed by atoms with Crippen molar-refractivity contribution in [3.63, 3.8) is 0 Å². The third-order valence-corrected chi connectivity index (χ3v) is 20.7. The maximum atomic E-state index is 14.9. The van der Waals surface area contributed by atoms with Crippen molar-refractivity contribution >= 4 is 58.7 Å². The smallest absolute Gasteiger partial charge is 0.410 e. The Morgan fingerprint density at radius 2 is 1.32 bits per heavy atom. The van der Waals surface area contributed by atoms with E-state index in [9.17, 15) is 61.4 Å². The second-order valence-electron chi connectivity index (χ2n) is 29.1. The Hall–Kier alpha value is -6.40. The lowest BCUT2D eigenvalue weighted by Crippen LogP contribution is -2.54. The molecule has 23 heteroatoms. The molecule has 0 spiro atoms. The fourth-order valence-corrected chi connectivity index (χ4v) is 14.6. The van der Waals surface area contributed by atoms with Crippen LogP contribution in [0.3, 0.4) is 0 Å². The minimum Gasteiger partial charge on any atom is -0.445 e. The molecule has 554 valence electrons. The molecule has 3 aliphatic rings. The number of piperidine rings is 1.